The fraction of sp³-hybridized carbons (Fsp3) is 0.312. The molecule has 0 aliphatic heterocycles. The zero-order valence-corrected chi connectivity index (χ0v) is 13.9. The van der Waals surface area contributed by atoms with Crippen molar-refractivity contribution in [3.63, 3.8) is 0 Å². The van der Waals surface area contributed by atoms with Crippen LogP contribution in [-0.2, 0) is 6.42 Å². The van der Waals surface area contributed by atoms with Gasteiger partial charge in [-0.1, -0.05) is 6.92 Å². The number of nitrogens with two attached hydrogens (primary N) is 2. The van der Waals surface area contributed by atoms with Crippen LogP contribution in [0, 0.1) is 0 Å². The molecule has 0 spiro atoms. The minimum absolute atomic E-state index is 0.128. The number of anilines is 2. The highest BCUT2D eigenvalue weighted by Gasteiger charge is 2.11. The topological polar surface area (TPSA) is 146 Å². The Morgan fingerprint density at radius 3 is 2.48 bits per heavy atom. The molecule has 0 atom stereocenters. The Morgan fingerprint density at radius 1 is 1.16 bits per heavy atom. The summed E-state index contributed by atoms with van der Waals surface area (Å²) in [4.78, 5) is 19.2. The molecule has 0 aliphatic rings. The summed E-state index contributed by atoms with van der Waals surface area (Å²) in [5, 5.41) is 8.55. The van der Waals surface area contributed by atoms with E-state index in [0.29, 0.717) is 48.8 Å². The van der Waals surface area contributed by atoms with E-state index in [1.807, 2.05) is 6.92 Å². The first-order valence-electron chi connectivity index (χ1n) is 7.77. The molecule has 25 heavy (non-hydrogen) atoms. The van der Waals surface area contributed by atoms with E-state index in [2.05, 4.69) is 9.97 Å². The van der Waals surface area contributed by atoms with Crippen molar-refractivity contribution in [1.29, 1.82) is 0 Å². The highest BCUT2D eigenvalue weighted by molar-refractivity contribution is 5.93. The molecule has 0 bridgehead atoms. The Bertz CT molecular complexity index is 721. The van der Waals surface area contributed by atoms with Crippen molar-refractivity contribution in [2.45, 2.75) is 19.8 Å². The summed E-state index contributed by atoms with van der Waals surface area (Å²) < 4.78 is 11.2. The molecule has 6 N–H and O–H groups in total. The number of nitrogens with one attached hydrogen (secondary N) is 1. The zero-order valence-electron chi connectivity index (χ0n) is 13.9. The number of ether oxygens (including phenoxy) is 2. The van der Waals surface area contributed by atoms with Gasteiger partial charge in [-0.3, -0.25) is 10.0 Å². The van der Waals surface area contributed by atoms with E-state index in [1.165, 1.54) is 0 Å². The van der Waals surface area contributed by atoms with Crippen LogP contribution in [-0.4, -0.2) is 34.3 Å². The predicted octanol–water partition coefficient (Wildman–Crippen LogP) is 1.17. The maximum Gasteiger partial charge on any atom is 0.274 e. The molecule has 1 aromatic carbocycles. The summed E-state index contributed by atoms with van der Waals surface area (Å²) in [5.41, 5.74) is 14.0. The normalized spacial score (nSPS) is 10.3. The van der Waals surface area contributed by atoms with Crippen LogP contribution in [0.1, 0.15) is 29.4 Å². The summed E-state index contributed by atoms with van der Waals surface area (Å²) in [5.74, 6) is 0.844. The first-order valence-corrected chi connectivity index (χ1v) is 7.77. The Hall–Kier alpha value is -3.07. The Morgan fingerprint density at radius 2 is 1.84 bits per heavy atom. The maximum absolute atomic E-state index is 11.2. The van der Waals surface area contributed by atoms with Crippen LogP contribution in [0.2, 0.25) is 0 Å². The predicted molar refractivity (Wildman–Crippen MR) is 91.5 cm³/mol. The van der Waals surface area contributed by atoms with Crippen molar-refractivity contribution in [2.24, 2.45) is 0 Å². The molecule has 0 saturated carbocycles. The summed E-state index contributed by atoms with van der Waals surface area (Å²) in [6.07, 6.45) is 1.25. The molecule has 0 aliphatic carbocycles. The largest absolute Gasteiger partial charge is 0.493 e. The molecule has 2 aromatic rings. The monoisotopic (exact) mass is 347 g/mol. The first-order chi connectivity index (χ1) is 12.0. The summed E-state index contributed by atoms with van der Waals surface area (Å²) >= 11 is 0. The van der Waals surface area contributed by atoms with Gasteiger partial charge < -0.3 is 20.9 Å². The highest BCUT2D eigenvalue weighted by atomic mass is 16.5. The number of hydrogen-bond donors (Lipinski definition) is 4. The Kier molecular flexibility index (Phi) is 6.35. The fourth-order valence-corrected chi connectivity index (χ4v) is 2.12. The minimum atomic E-state index is -0.574. The first kappa shape index (κ1) is 18.3. The van der Waals surface area contributed by atoms with E-state index < -0.39 is 5.91 Å². The third-order valence-corrected chi connectivity index (χ3v) is 3.34. The van der Waals surface area contributed by atoms with Gasteiger partial charge in [0, 0.05) is 12.0 Å². The molecule has 1 amide bonds. The quantitative estimate of drug-likeness (QED) is 0.316. The van der Waals surface area contributed by atoms with E-state index in [1.54, 1.807) is 29.7 Å². The molecule has 9 nitrogen and oxygen atoms in total. The van der Waals surface area contributed by atoms with Gasteiger partial charge in [-0.2, -0.15) is 4.98 Å². The van der Waals surface area contributed by atoms with E-state index in [9.17, 15) is 4.79 Å². The third kappa shape index (κ3) is 4.95. The van der Waals surface area contributed by atoms with Crippen molar-refractivity contribution >= 4 is 17.7 Å². The van der Waals surface area contributed by atoms with Crippen molar-refractivity contribution in [3.8, 4) is 11.5 Å². The van der Waals surface area contributed by atoms with E-state index >= 15 is 0 Å². The van der Waals surface area contributed by atoms with Gasteiger partial charge in [-0.15, -0.1) is 0 Å². The molecule has 0 unspecified atom stereocenters. The fourth-order valence-electron chi connectivity index (χ4n) is 2.12. The molecule has 0 radical (unpaired) electrons. The summed E-state index contributed by atoms with van der Waals surface area (Å²) in [6, 6.07) is 6.40. The van der Waals surface area contributed by atoms with Crippen LogP contribution in [0.5, 0.6) is 11.5 Å². The average Bonchev–Trinajstić information content (AvgIpc) is 2.62. The summed E-state index contributed by atoms with van der Waals surface area (Å²) in [6.45, 7) is 2.73. The Balaban J connectivity index is 1.80. The average molecular weight is 347 g/mol. The summed E-state index contributed by atoms with van der Waals surface area (Å²) in [7, 11) is 0. The molecule has 1 heterocycles. The van der Waals surface area contributed by atoms with Crippen molar-refractivity contribution in [2.75, 3.05) is 24.7 Å². The molecule has 9 heteroatoms. The van der Waals surface area contributed by atoms with E-state index in [-0.39, 0.29) is 11.8 Å². The third-order valence-electron chi connectivity index (χ3n) is 3.34. The number of rotatable bonds is 8. The lowest BCUT2D eigenvalue weighted by atomic mass is 10.2. The van der Waals surface area contributed by atoms with Crippen LogP contribution in [0.15, 0.2) is 24.3 Å². The van der Waals surface area contributed by atoms with Crippen LogP contribution in [0.25, 0.3) is 0 Å². The van der Waals surface area contributed by atoms with Crippen molar-refractivity contribution in [3.05, 3.63) is 35.5 Å². The smallest absolute Gasteiger partial charge is 0.274 e. The number of aromatic nitrogens is 2. The second-order valence-corrected chi connectivity index (χ2v) is 5.11. The van der Waals surface area contributed by atoms with E-state index in [4.69, 9.17) is 26.1 Å². The SMILES string of the molecule is CCc1nc(N)nc(N)c1OCCCOc1ccc(C(=O)NO)cc1. The Labute approximate surface area is 144 Å². The zero-order chi connectivity index (χ0) is 18.2. The number of carbonyl (C=O) groups is 1. The second-order valence-electron chi connectivity index (χ2n) is 5.11. The van der Waals surface area contributed by atoms with Gasteiger partial charge >= 0.3 is 0 Å². The minimum Gasteiger partial charge on any atom is -0.493 e. The number of hydroxylamine groups is 1. The number of nitrogens with zero attached hydrogens (tertiary/aromatic N) is 2. The van der Waals surface area contributed by atoms with Crippen molar-refractivity contribution < 1.29 is 19.5 Å². The van der Waals surface area contributed by atoms with Gasteiger partial charge in [0.15, 0.2) is 11.6 Å². The van der Waals surface area contributed by atoms with Gasteiger partial charge in [0.2, 0.25) is 5.95 Å². The highest BCUT2D eigenvalue weighted by Crippen LogP contribution is 2.24. The van der Waals surface area contributed by atoms with Crippen LogP contribution < -0.4 is 26.4 Å². The molecular formula is C16H21N5O4. The second kappa shape index (κ2) is 8.69. The molecule has 0 saturated heterocycles. The molecule has 0 fully saturated rings. The lowest BCUT2D eigenvalue weighted by molar-refractivity contribution is 0.0706. The van der Waals surface area contributed by atoms with Gasteiger partial charge in [-0.05, 0) is 30.7 Å². The van der Waals surface area contributed by atoms with Gasteiger partial charge in [0.1, 0.15) is 5.75 Å². The number of benzene rings is 1. The van der Waals surface area contributed by atoms with Crippen LogP contribution in [0.3, 0.4) is 0 Å². The van der Waals surface area contributed by atoms with E-state index in [0.717, 1.165) is 0 Å². The van der Waals surface area contributed by atoms with Crippen LogP contribution in [0.4, 0.5) is 11.8 Å². The van der Waals surface area contributed by atoms with Crippen LogP contribution >= 0.6 is 0 Å². The standard InChI is InChI=1S/C16H21N5O4/c1-2-12-13(14(17)20-16(18)19-12)25-9-3-8-24-11-6-4-10(5-7-11)15(22)21-23/h4-7,23H,2-3,8-9H2,1H3,(H,21,22)(H4,17,18,19,20). The molecule has 134 valence electrons. The van der Waals surface area contributed by atoms with Gasteiger partial charge in [0.05, 0.1) is 18.9 Å². The molecule has 1 aromatic heterocycles. The van der Waals surface area contributed by atoms with Gasteiger partial charge in [0.25, 0.3) is 5.91 Å². The number of hydrogen-bond acceptors (Lipinski definition) is 8. The lowest BCUT2D eigenvalue weighted by Crippen LogP contribution is -2.18. The number of carbonyl (C=O) groups excluding carboxylic acids is 1. The number of amides is 1. The van der Waals surface area contributed by atoms with Gasteiger partial charge in [-0.25, -0.2) is 10.5 Å². The lowest BCUT2D eigenvalue weighted by Gasteiger charge is -2.12. The number of nitrogen functional groups attached to an aromatic ring is 2. The molecule has 2 rings (SSSR count). The maximum atomic E-state index is 11.2. The number of aryl methyl sites for hydroxylation is 1. The van der Waals surface area contributed by atoms with Crippen molar-refractivity contribution in [1.82, 2.24) is 15.4 Å². The molecular weight excluding hydrogens is 326 g/mol.